The summed E-state index contributed by atoms with van der Waals surface area (Å²) in [6, 6.07) is 10.2. The zero-order valence-corrected chi connectivity index (χ0v) is 17.9. The lowest BCUT2D eigenvalue weighted by Crippen LogP contribution is -2.51. The normalized spacial score (nSPS) is 18.9. The SMILES string of the molecule is CCOC(=O)C1=NN(c2ccccc2)C(C(=O)NC2CCN(C(=O)c3ccoc3)CC2)C1. The molecule has 2 aliphatic rings. The summed E-state index contributed by atoms with van der Waals surface area (Å²) < 4.78 is 10.1. The van der Waals surface area contributed by atoms with E-state index in [4.69, 9.17) is 9.15 Å². The van der Waals surface area contributed by atoms with Crippen LogP contribution in [-0.4, -0.2) is 60.2 Å². The maximum absolute atomic E-state index is 13.2. The molecule has 2 amide bonds. The molecule has 168 valence electrons. The number of benzene rings is 1. The van der Waals surface area contributed by atoms with Crippen LogP contribution in [0.3, 0.4) is 0 Å². The summed E-state index contributed by atoms with van der Waals surface area (Å²) in [6.45, 7) is 3.08. The third-order valence-electron chi connectivity index (χ3n) is 5.64. The summed E-state index contributed by atoms with van der Waals surface area (Å²) >= 11 is 0. The van der Waals surface area contributed by atoms with Gasteiger partial charge >= 0.3 is 5.97 Å². The van der Waals surface area contributed by atoms with E-state index >= 15 is 0 Å². The number of hydrogen-bond donors (Lipinski definition) is 1. The molecule has 0 spiro atoms. The second kappa shape index (κ2) is 9.67. The van der Waals surface area contributed by atoms with E-state index in [-0.39, 0.29) is 36.6 Å². The van der Waals surface area contributed by atoms with E-state index in [9.17, 15) is 14.4 Å². The molecule has 0 aliphatic carbocycles. The van der Waals surface area contributed by atoms with Gasteiger partial charge in [-0.3, -0.25) is 14.6 Å². The first-order valence-electron chi connectivity index (χ1n) is 10.8. The summed E-state index contributed by atoms with van der Waals surface area (Å²) in [6.07, 6.45) is 4.40. The first-order valence-corrected chi connectivity index (χ1v) is 10.8. The van der Waals surface area contributed by atoms with Crippen LogP contribution < -0.4 is 10.3 Å². The fourth-order valence-corrected chi connectivity index (χ4v) is 3.96. The Bertz CT molecular complexity index is 981. The first-order chi connectivity index (χ1) is 15.6. The molecule has 1 saturated heterocycles. The van der Waals surface area contributed by atoms with Crippen LogP contribution in [0, 0.1) is 0 Å². The van der Waals surface area contributed by atoms with Crippen LogP contribution in [0.15, 0.2) is 58.4 Å². The number of anilines is 1. The Morgan fingerprint density at radius 1 is 1.16 bits per heavy atom. The van der Waals surface area contributed by atoms with Crippen molar-refractivity contribution in [3.63, 3.8) is 0 Å². The summed E-state index contributed by atoms with van der Waals surface area (Å²) in [5.74, 6) is -0.770. The van der Waals surface area contributed by atoms with E-state index < -0.39 is 12.0 Å². The molecule has 9 nitrogen and oxygen atoms in total. The molecule has 9 heteroatoms. The van der Waals surface area contributed by atoms with Crippen LogP contribution >= 0.6 is 0 Å². The Morgan fingerprint density at radius 2 is 1.91 bits per heavy atom. The molecule has 2 aliphatic heterocycles. The van der Waals surface area contributed by atoms with Crippen LogP contribution in [0.4, 0.5) is 5.69 Å². The minimum absolute atomic E-state index is 0.0554. The number of carbonyl (C=O) groups is 3. The number of carbonyl (C=O) groups excluding carboxylic acids is 3. The number of esters is 1. The second-order valence-electron chi connectivity index (χ2n) is 7.75. The highest BCUT2D eigenvalue weighted by molar-refractivity contribution is 6.38. The van der Waals surface area contributed by atoms with Gasteiger partial charge < -0.3 is 19.4 Å². The van der Waals surface area contributed by atoms with Crippen molar-refractivity contribution in [3.05, 3.63) is 54.5 Å². The smallest absolute Gasteiger partial charge is 0.354 e. The van der Waals surface area contributed by atoms with Crippen molar-refractivity contribution in [2.24, 2.45) is 5.10 Å². The number of nitrogens with zero attached hydrogens (tertiary/aromatic N) is 3. The molecule has 3 heterocycles. The summed E-state index contributed by atoms with van der Waals surface area (Å²) in [7, 11) is 0. The van der Waals surface area contributed by atoms with Gasteiger partial charge in [0.05, 0.1) is 24.1 Å². The number of rotatable bonds is 6. The molecule has 0 saturated carbocycles. The first kappa shape index (κ1) is 21.6. The number of piperidine rings is 1. The van der Waals surface area contributed by atoms with Gasteiger partial charge in [-0.05, 0) is 38.0 Å². The largest absolute Gasteiger partial charge is 0.472 e. The molecule has 1 atom stereocenters. The average Bonchev–Trinajstić information content (AvgIpc) is 3.50. The summed E-state index contributed by atoms with van der Waals surface area (Å²) in [4.78, 5) is 39.6. The lowest BCUT2D eigenvalue weighted by Gasteiger charge is -2.33. The van der Waals surface area contributed by atoms with Gasteiger partial charge in [-0.2, -0.15) is 5.10 Å². The number of furan rings is 1. The highest BCUT2D eigenvalue weighted by Crippen LogP contribution is 2.25. The molecule has 0 bridgehead atoms. The Balaban J connectivity index is 1.39. The fraction of sp³-hybridized carbons (Fsp3) is 0.391. The van der Waals surface area contributed by atoms with Crippen LogP contribution in [0.25, 0.3) is 0 Å². The molecule has 32 heavy (non-hydrogen) atoms. The van der Waals surface area contributed by atoms with Gasteiger partial charge in [-0.15, -0.1) is 0 Å². The molecule has 0 radical (unpaired) electrons. The third kappa shape index (κ3) is 4.66. The zero-order valence-electron chi connectivity index (χ0n) is 17.9. The Labute approximate surface area is 186 Å². The lowest BCUT2D eigenvalue weighted by molar-refractivity contribution is -0.135. The van der Waals surface area contributed by atoms with Gasteiger partial charge in [0.1, 0.15) is 18.0 Å². The minimum atomic E-state index is -0.637. The molecule has 1 aromatic carbocycles. The fourth-order valence-electron chi connectivity index (χ4n) is 3.96. The van der Waals surface area contributed by atoms with E-state index in [0.717, 1.165) is 5.69 Å². The number of nitrogens with one attached hydrogen (secondary N) is 1. The lowest BCUT2D eigenvalue weighted by atomic mass is 10.0. The van der Waals surface area contributed by atoms with Gasteiger partial charge in [0, 0.05) is 25.6 Å². The number of amides is 2. The zero-order chi connectivity index (χ0) is 22.5. The van der Waals surface area contributed by atoms with Gasteiger partial charge in [0.25, 0.3) is 5.91 Å². The molecular formula is C23H26N4O5. The van der Waals surface area contributed by atoms with E-state index in [0.29, 0.717) is 31.5 Å². The maximum Gasteiger partial charge on any atom is 0.354 e. The van der Waals surface area contributed by atoms with Crippen LogP contribution in [0.2, 0.25) is 0 Å². The number of likely N-dealkylation sites (tertiary alicyclic amines) is 1. The minimum Gasteiger partial charge on any atom is -0.472 e. The van der Waals surface area contributed by atoms with Crippen LogP contribution in [0.5, 0.6) is 0 Å². The van der Waals surface area contributed by atoms with Crippen molar-refractivity contribution in [1.29, 1.82) is 0 Å². The summed E-state index contributed by atoms with van der Waals surface area (Å²) in [5, 5.41) is 9.06. The quantitative estimate of drug-likeness (QED) is 0.694. The van der Waals surface area contributed by atoms with Crippen LogP contribution in [-0.2, 0) is 14.3 Å². The Kier molecular flexibility index (Phi) is 6.53. The molecule has 1 aromatic heterocycles. The number of hydrazone groups is 1. The highest BCUT2D eigenvalue weighted by Gasteiger charge is 2.38. The number of hydrogen-bond acceptors (Lipinski definition) is 7. The monoisotopic (exact) mass is 438 g/mol. The predicted molar refractivity (Wildman–Crippen MR) is 117 cm³/mol. The highest BCUT2D eigenvalue weighted by atomic mass is 16.5. The van der Waals surface area contributed by atoms with Crippen molar-refractivity contribution in [1.82, 2.24) is 10.2 Å². The van der Waals surface area contributed by atoms with Gasteiger partial charge in [-0.1, -0.05) is 18.2 Å². The standard InChI is InChI=1S/C23H26N4O5/c1-2-32-23(30)19-14-20(27(25-19)18-6-4-3-5-7-18)21(28)24-17-8-11-26(12-9-17)22(29)16-10-13-31-15-16/h3-7,10,13,15,17,20H,2,8-9,11-12,14H2,1H3,(H,24,28). The van der Waals surface area contributed by atoms with Crippen molar-refractivity contribution in [2.45, 2.75) is 38.3 Å². The molecular weight excluding hydrogens is 412 g/mol. The molecule has 4 rings (SSSR count). The topological polar surface area (TPSA) is 104 Å². The Morgan fingerprint density at radius 3 is 2.56 bits per heavy atom. The third-order valence-corrected chi connectivity index (χ3v) is 5.64. The van der Waals surface area contributed by atoms with E-state index in [2.05, 4.69) is 10.4 Å². The van der Waals surface area contributed by atoms with E-state index in [1.807, 2.05) is 30.3 Å². The van der Waals surface area contributed by atoms with E-state index in [1.165, 1.54) is 12.5 Å². The van der Waals surface area contributed by atoms with Crippen molar-refractivity contribution in [2.75, 3.05) is 24.7 Å². The molecule has 2 aromatic rings. The number of ether oxygens (including phenoxy) is 1. The van der Waals surface area contributed by atoms with Gasteiger partial charge in [0.2, 0.25) is 5.91 Å². The molecule has 1 fully saturated rings. The van der Waals surface area contributed by atoms with Gasteiger partial charge in [-0.25, -0.2) is 4.79 Å². The Hall–Kier alpha value is -3.62. The molecule has 1 unspecified atom stereocenters. The van der Waals surface area contributed by atoms with Crippen molar-refractivity contribution < 1.29 is 23.5 Å². The second-order valence-corrected chi connectivity index (χ2v) is 7.75. The maximum atomic E-state index is 13.2. The van der Waals surface area contributed by atoms with Crippen molar-refractivity contribution in [3.8, 4) is 0 Å². The molecule has 1 N–H and O–H groups in total. The van der Waals surface area contributed by atoms with Gasteiger partial charge in [0.15, 0.2) is 0 Å². The average molecular weight is 438 g/mol. The van der Waals surface area contributed by atoms with Crippen molar-refractivity contribution >= 4 is 29.2 Å². The summed E-state index contributed by atoms with van der Waals surface area (Å²) in [5.41, 5.74) is 1.49. The predicted octanol–water partition coefficient (Wildman–Crippen LogP) is 2.20. The van der Waals surface area contributed by atoms with E-state index in [1.54, 1.807) is 22.9 Å². The van der Waals surface area contributed by atoms with Crippen LogP contribution in [0.1, 0.15) is 36.5 Å². The number of para-hydroxylation sites is 1.